The second-order valence-electron chi connectivity index (χ2n) is 5.69. The summed E-state index contributed by atoms with van der Waals surface area (Å²) in [5.74, 6) is 0.161. The highest BCUT2D eigenvalue weighted by molar-refractivity contribution is 7.10. The van der Waals surface area contributed by atoms with Crippen molar-refractivity contribution in [3.8, 4) is 0 Å². The van der Waals surface area contributed by atoms with E-state index in [9.17, 15) is 4.79 Å². The van der Waals surface area contributed by atoms with Crippen molar-refractivity contribution in [2.24, 2.45) is 0 Å². The zero-order valence-corrected chi connectivity index (χ0v) is 16.0. The quantitative estimate of drug-likeness (QED) is 0.576. The van der Waals surface area contributed by atoms with Crippen LogP contribution in [0.1, 0.15) is 15.3 Å². The lowest BCUT2D eigenvalue weighted by Crippen LogP contribution is -2.37. The minimum Gasteiger partial charge on any atom is -0.340 e. The summed E-state index contributed by atoms with van der Waals surface area (Å²) >= 11 is 5.15. The molecule has 0 atom stereocenters. The standard InChI is InChI=1S/C18H20N2OS3/c1-19(10-15-6-9-22-14-15)18(21)13-20(11-16-4-2-7-23-16)12-17-5-3-8-24-17/h2-9,14H,10-13H2,1H3. The third-order valence-corrected chi connectivity index (χ3v) is 6.16. The van der Waals surface area contributed by atoms with Gasteiger partial charge in [-0.3, -0.25) is 9.69 Å². The van der Waals surface area contributed by atoms with Crippen molar-refractivity contribution < 1.29 is 4.79 Å². The van der Waals surface area contributed by atoms with Gasteiger partial charge in [0.15, 0.2) is 0 Å². The van der Waals surface area contributed by atoms with Crippen LogP contribution in [0.15, 0.2) is 51.9 Å². The molecule has 0 aromatic carbocycles. The topological polar surface area (TPSA) is 23.6 Å². The van der Waals surface area contributed by atoms with Gasteiger partial charge in [-0.05, 0) is 45.3 Å². The maximum atomic E-state index is 12.6. The van der Waals surface area contributed by atoms with Crippen molar-refractivity contribution in [2.45, 2.75) is 19.6 Å². The molecule has 1 amide bonds. The van der Waals surface area contributed by atoms with Gasteiger partial charge in [0.2, 0.25) is 5.91 Å². The van der Waals surface area contributed by atoms with Crippen LogP contribution in [0, 0.1) is 0 Å². The largest absolute Gasteiger partial charge is 0.340 e. The first kappa shape index (κ1) is 17.4. The molecule has 24 heavy (non-hydrogen) atoms. The summed E-state index contributed by atoms with van der Waals surface area (Å²) in [6.07, 6.45) is 0. The molecule has 3 rings (SSSR count). The molecule has 0 radical (unpaired) electrons. The first-order valence-corrected chi connectivity index (χ1v) is 10.4. The van der Waals surface area contributed by atoms with Gasteiger partial charge in [-0.25, -0.2) is 0 Å². The predicted molar refractivity (Wildman–Crippen MR) is 104 cm³/mol. The van der Waals surface area contributed by atoms with E-state index in [1.807, 2.05) is 17.3 Å². The predicted octanol–water partition coefficient (Wildman–Crippen LogP) is 4.53. The second-order valence-corrected chi connectivity index (χ2v) is 8.53. The van der Waals surface area contributed by atoms with Crippen LogP contribution in [0.2, 0.25) is 0 Å². The minimum absolute atomic E-state index is 0.161. The molecule has 0 aliphatic heterocycles. The van der Waals surface area contributed by atoms with Crippen LogP contribution in [0.4, 0.5) is 0 Å². The van der Waals surface area contributed by atoms with Gasteiger partial charge in [0.25, 0.3) is 0 Å². The first-order valence-electron chi connectivity index (χ1n) is 7.73. The summed E-state index contributed by atoms with van der Waals surface area (Å²) < 4.78 is 0. The first-order chi connectivity index (χ1) is 11.7. The molecule has 0 spiro atoms. The van der Waals surface area contributed by atoms with Crippen LogP contribution >= 0.6 is 34.0 Å². The zero-order chi connectivity index (χ0) is 16.8. The molecule has 3 aromatic heterocycles. The maximum absolute atomic E-state index is 12.6. The van der Waals surface area contributed by atoms with Crippen molar-refractivity contribution >= 4 is 39.9 Å². The van der Waals surface area contributed by atoms with Crippen LogP contribution in [0.5, 0.6) is 0 Å². The third-order valence-electron chi connectivity index (χ3n) is 3.70. The van der Waals surface area contributed by atoms with Crippen LogP contribution < -0.4 is 0 Å². The Kier molecular flexibility index (Phi) is 6.20. The van der Waals surface area contributed by atoms with E-state index in [4.69, 9.17) is 0 Å². The van der Waals surface area contributed by atoms with Crippen LogP contribution in [0.25, 0.3) is 0 Å². The van der Waals surface area contributed by atoms with E-state index in [2.05, 4.69) is 51.4 Å². The summed E-state index contributed by atoms with van der Waals surface area (Å²) in [6, 6.07) is 10.5. The van der Waals surface area contributed by atoms with Gasteiger partial charge in [-0.2, -0.15) is 11.3 Å². The average molecular weight is 377 g/mol. The number of carbonyl (C=O) groups is 1. The van der Waals surface area contributed by atoms with E-state index in [0.29, 0.717) is 13.1 Å². The highest BCUT2D eigenvalue weighted by Gasteiger charge is 2.16. The van der Waals surface area contributed by atoms with Gasteiger partial charge in [-0.1, -0.05) is 12.1 Å². The number of hydrogen-bond donors (Lipinski definition) is 0. The van der Waals surface area contributed by atoms with Crippen LogP contribution in [-0.2, 0) is 24.4 Å². The fraction of sp³-hybridized carbons (Fsp3) is 0.278. The number of carbonyl (C=O) groups excluding carboxylic acids is 1. The van der Waals surface area contributed by atoms with Crippen molar-refractivity contribution in [1.29, 1.82) is 0 Å². The summed E-state index contributed by atoms with van der Waals surface area (Å²) in [5.41, 5.74) is 1.19. The number of rotatable bonds is 8. The van der Waals surface area contributed by atoms with E-state index in [1.54, 1.807) is 34.0 Å². The molecule has 0 saturated heterocycles. The van der Waals surface area contributed by atoms with Crippen molar-refractivity contribution in [3.05, 3.63) is 67.2 Å². The van der Waals surface area contributed by atoms with E-state index in [0.717, 1.165) is 13.1 Å². The molecule has 0 bridgehead atoms. The molecule has 3 aromatic rings. The van der Waals surface area contributed by atoms with Crippen molar-refractivity contribution in [3.63, 3.8) is 0 Å². The van der Waals surface area contributed by atoms with Gasteiger partial charge < -0.3 is 4.90 Å². The average Bonchev–Trinajstić information content (AvgIpc) is 3.30. The maximum Gasteiger partial charge on any atom is 0.236 e. The molecule has 6 heteroatoms. The Balaban J connectivity index is 1.62. The van der Waals surface area contributed by atoms with Gasteiger partial charge in [0.05, 0.1) is 6.54 Å². The number of thiophene rings is 3. The molecule has 3 nitrogen and oxygen atoms in total. The lowest BCUT2D eigenvalue weighted by atomic mass is 10.3. The van der Waals surface area contributed by atoms with Gasteiger partial charge >= 0.3 is 0 Å². The third kappa shape index (κ3) is 5.01. The highest BCUT2D eigenvalue weighted by Crippen LogP contribution is 2.17. The Morgan fingerprint density at radius 3 is 2.12 bits per heavy atom. The fourth-order valence-corrected chi connectivity index (χ4v) is 4.62. The smallest absolute Gasteiger partial charge is 0.236 e. The van der Waals surface area contributed by atoms with Crippen LogP contribution in [0.3, 0.4) is 0 Å². The number of likely N-dealkylation sites (N-methyl/N-ethyl adjacent to an activating group) is 1. The lowest BCUT2D eigenvalue weighted by molar-refractivity contribution is -0.131. The zero-order valence-electron chi connectivity index (χ0n) is 13.6. The van der Waals surface area contributed by atoms with Crippen molar-refractivity contribution in [2.75, 3.05) is 13.6 Å². The van der Waals surface area contributed by atoms with Gasteiger partial charge in [-0.15, -0.1) is 22.7 Å². The molecular weight excluding hydrogens is 356 g/mol. The Hall–Kier alpha value is -1.47. The monoisotopic (exact) mass is 376 g/mol. The second kappa shape index (κ2) is 8.58. The van der Waals surface area contributed by atoms with Crippen molar-refractivity contribution in [1.82, 2.24) is 9.80 Å². The van der Waals surface area contributed by atoms with E-state index >= 15 is 0 Å². The fourth-order valence-electron chi connectivity index (χ4n) is 2.47. The number of nitrogens with zero attached hydrogens (tertiary/aromatic N) is 2. The molecule has 0 saturated carbocycles. The SMILES string of the molecule is CN(Cc1ccsc1)C(=O)CN(Cc1cccs1)Cc1cccs1. The number of hydrogen-bond acceptors (Lipinski definition) is 5. The minimum atomic E-state index is 0.161. The molecular formula is C18H20N2OS3. The Morgan fingerprint density at radius 2 is 1.62 bits per heavy atom. The Morgan fingerprint density at radius 1 is 0.958 bits per heavy atom. The van der Waals surface area contributed by atoms with Crippen LogP contribution in [-0.4, -0.2) is 29.3 Å². The Bertz CT molecular complexity index is 684. The normalized spacial score (nSPS) is 11.1. The molecule has 3 heterocycles. The molecule has 0 aliphatic carbocycles. The summed E-state index contributed by atoms with van der Waals surface area (Å²) in [6.45, 7) is 2.74. The molecule has 126 valence electrons. The van der Waals surface area contributed by atoms with E-state index < -0.39 is 0 Å². The highest BCUT2D eigenvalue weighted by atomic mass is 32.1. The summed E-state index contributed by atoms with van der Waals surface area (Å²) in [4.78, 5) is 19.3. The Labute approximate surface area is 154 Å². The van der Waals surface area contributed by atoms with E-state index in [-0.39, 0.29) is 5.91 Å². The lowest BCUT2D eigenvalue weighted by Gasteiger charge is -2.24. The molecule has 0 N–H and O–H groups in total. The van der Waals surface area contributed by atoms with Gasteiger partial charge in [0.1, 0.15) is 0 Å². The molecule has 0 fully saturated rings. The van der Waals surface area contributed by atoms with E-state index in [1.165, 1.54) is 15.3 Å². The molecule has 0 aliphatic rings. The molecule has 0 unspecified atom stereocenters. The summed E-state index contributed by atoms with van der Waals surface area (Å²) in [7, 11) is 1.88. The number of amides is 1. The van der Waals surface area contributed by atoms with Gasteiger partial charge in [0, 0.05) is 36.4 Å². The summed E-state index contributed by atoms with van der Waals surface area (Å²) in [5, 5.41) is 8.32.